The smallest absolute Gasteiger partial charge is 0.780 e. The fourth-order valence-electron chi connectivity index (χ4n) is 2.86. The van der Waals surface area contributed by atoms with Gasteiger partial charge in [-0.1, -0.05) is 5.16 Å². The molecule has 0 saturated carbocycles. The molecule has 3 rings (SSSR count). The summed E-state index contributed by atoms with van der Waals surface area (Å²) in [5.74, 6) is 1.21. The summed E-state index contributed by atoms with van der Waals surface area (Å²) in [6.45, 7) is 3.87. The van der Waals surface area contributed by atoms with Gasteiger partial charge in [0.05, 0.1) is 26.0 Å². The second-order valence-electron chi connectivity index (χ2n) is 6.09. The van der Waals surface area contributed by atoms with Gasteiger partial charge in [-0.2, -0.15) is 0 Å². The van der Waals surface area contributed by atoms with Gasteiger partial charge < -0.3 is 32.9 Å². The number of ether oxygens (including phenoxy) is 2. The van der Waals surface area contributed by atoms with Crippen molar-refractivity contribution in [1.29, 1.82) is 0 Å². The number of phosphoric acid groups is 1. The van der Waals surface area contributed by atoms with Crippen LogP contribution < -0.4 is 82.9 Å². The van der Waals surface area contributed by atoms with Crippen molar-refractivity contribution in [3.8, 4) is 39.7 Å². The van der Waals surface area contributed by atoms with Gasteiger partial charge in [0.2, 0.25) is 0 Å². The average molecular weight is 449 g/mol. The number of aromatic nitrogens is 1. The Morgan fingerprint density at radius 2 is 1.67 bits per heavy atom. The summed E-state index contributed by atoms with van der Waals surface area (Å²) in [6, 6.07) is 8.19. The van der Waals surface area contributed by atoms with Crippen molar-refractivity contribution in [1.82, 2.24) is 5.16 Å². The molecular formula is C19H18NNa2O7P. The van der Waals surface area contributed by atoms with E-state index in [0.29, 0.717) is 33.9 Å². The minimum Gasteiger partial charge on any atom is -0.780 e. The van der Waals surface area contributed by atoms with Crippen LogP contribution in [0.5, 0.6) is 17.2 Å². The maximum atomic E-state index is 11.2. The zero-order valence-corrected chi connectivity index (χ0v) is 22.6. The van der Waals surface area contributed by atoms with Crippen molar-refractivity contribution in [3.63, 3.8) is 0 Å². The maximum absolute atomic E-state index is 11.2. The summed E-state index contributed by atoms with van der Waals surface area (Å²) in [7, 11) is -2.30. The zero-order chi connectivity index (χ0) is 20.5. The fraction of sp³-hybridized carbons (Fsp3) is 0.211. The van der Waals surface area contributed by atoms with Crippen LogP contribution in [0.3, 0.4) is 0 Å². The number of benzene rings is 2. The molecule has 0 saturated heterocycles. The SMILES string of the molecule is COc1ccc(-c2cnoc2-c2cc(C)c(C)c(OC)c2)c(OP(=O)([O-])[O-])c1.[Na+].[Na+]. The summed E-state index contributed by atoms with van der Waals surface area (Å²) < 4.78 is 31.8. The van der Waals surface area contributed by atoms with Gasteiger partial charge in [0.25, 0.3) is 0 Å². The molecule has 0 amide bonds. The van der Waals surface area contributed by atoms with Crippen LogP contribution in [0.4, 0.5) is 0 Å². The van der Waals surface area contributed by atoms with E-state index in [2.05, 4.69) is 9.68 Å². The van der Waals surface area contributed by atoms with Crippen LogP contribution in [-0.2, 0) is 4.57 Å². The third-order valence-electron chi connectivity index (χ3n) is 4.36. The molecule has 0 aliphatic carbocycles. The number of aryl methyl sites for hydroxylation is 1. The molecule has 1 heterocycles. The molecule has 0 spiro atoms. The molecule has 0 unspecified atom stereocenters. The van der Waals surface area contributed by atoms with Crippen LogP contribution in [0.25, 0.3) is 22.5 Å². The predicted molar refractivity (Wildman–Crippen MR) is 98.2 cm³/mol. The van der Waals surface area contributed by atoms with Crippen LogP contribution in [0.2, 0.25) is 0 Å². The third kappa shape index (κ3) is 6.13. The number of hydrogen-bond acceptors (Lipinski definition) is 8. The number of methoxy groups -OCH3 is 2. The van der Waals surface area contributed by atoms with Crippen LogP contribution >= 0.6 is 7.82 Å². The Morgan fingerprint density at radius 3 is 2.27 bits per heavy atom. The van der Waals surface area contributed by atoms with Gasteiger partial charge in [0.15, 0.2) is 5.76 Å². The van der Waals surface area contributed by atoms with E-state index in [1.165, 1.54) is 19.4 Å². The zero-order valence-electron chi connectivity index (χ0n) is 17.7. The molecule has 0 N–H and O–H groups in total. The summed E-state index contributed by atoms with van der Waals surface area (Å²) in [5, 5.41) is 3.83. The molecule has 2 aromatic carbocycles. The molecule has 0 aliphatic rings. The Labute approximate surface area is 218 Å². The van der Waals surface area contributed by atoms with Crippen LogP contribution in [0, 0.1) is 13.8 Å². The van der Waals surface area contributed by atoms with E-state index in [4.69, 9.17) is 14.0 Å². The van der Waals surface area contributed by atoms with Gasteiger partial charge in [0, 0.05) is 17.2 Å². The first-order chi connectivity index (χ1) is 13.2. The Morgan fingerprint density at radius 1 is 0.967 bits per heavy atom. The second kappa shape index (κ2) is 11.2. The minimum absolute atomic E-state index is 0. The molecular weight excluding hydrogens is 431 g/mol. The van der Waals surface area contributed by atoms with Crippen LogP contribution in [0.1, 0.15) is 11.1 Å². The Bertz CT molecular complexity index is 1070. The number of rotatable bonds is 6. The average Bonchev–Trinajstić information content (AvgIpc) is 3.12. The van der Waals surface area contributed by atoms with E-state index in [9.17, 15) is 14.4 Å². The van der Waals surface area contributed by atoms with Gasteiger partial charge in [0.1, 0.15) is 25.1 Å². The van der Waals surface area contributed by atoms with E-state index in [1.54, 1.807) is 25.3 Å². The largest absolute Gasteiger partial charge is 1.00 e. The molecule has 0 atom stereocenters. The summed E-state index contributed by atoms with van der Waals surface area (Å²) in [6.07, 6.45) is 1.42. The van der Waals surface area contributed by atoms with Gasteiger partial charge in [-0.3, -0.25) is 0 Å². The molecule has 8 nitrogen and oxygen atoms in total. The van der Waals surface area contributed by atoms with E-state index in [0.717, 1.165) is 11.1 Å². The molecule has 3 aromatic rings. The topological polar surface area (TPSA) is 117 Å². The summed E-state index contributed by atoms with van der Waals surface area (Å²) in [5.41, 5.74) is 3.42. The first kappa shape index (κ1) is 27.2. The van der Waals surface area contributed by atoms with Gasteiger partial charge >= 0.3 is 59.1 Å². The predicted octanol–water partition coefficient (Wildman–Crippen LogP) is -3.14. The maximum Gasteiger partial charge on any atom is 1.00 e. The van der Waals surface area contributed by atoms with Gasteiger partial charge in [-0.05, 0) is 49.2 Å². The van der Waals surface area contributed by atoms with Gasteiger partial charge in [-0.15, -0.1) is 0 Å². The van der Waals surface area contributed by atoms with Crippen molar-refractivity contribution in [2.24, 2.45) is 0 Å². The molecule has 1 aromatic heterocycles. The molecule has 11 heteroatoms. The second-order valence-corrected chi connectivity index (χ2v) is 7.17. The van der Waals surface area contributed by atoms with E-state index in [-0.39, 0.29) is 64.9 Å². The Hall–Kier alpha value is -0.800. The first-order valence-electron chi connectivity index (χ1n) is 8.24. The number of hydrogen-bond donors (Lipinski definition) is 0. The summed E-state index contributed by atoms with van der Waals surface area (Å²) in [4.78, 5) is 22.4. The van der Waals surface area contributed by atoms with Crippen molar-refractivity contribution in [3.05, 3.63) is 47.7 Å². The normalized spacial score (nSPS) is 10.6. The van der Waals surface area contributed by atoms with Crippen molar-refractivity contribution >= 4 is 7.82 Å². The standard InChI is InChI=1S/C19H20NO7P.2Na/c1-11-7-13(8-17(25-4)12(11)2)19-16(10-20-26-19)15-6-5-14(24-3)9-18(15)27-28(21,22)23;;/h5-10H,1-4H3,(H2,21,22,23);;/q;2*+1/p-2. The minimum atomic E-state index is -5.29. The summed E-state index contributed by atoms with van der Waals surface area (Å²) >= 11 is 0. The van der Waals surface area contributed by atoms with Crippen LogP contribution in [-0.4, -0.2) is 19.4 Å². The fourth-order valence-corrected chi connectivity index (χ4v) is 3.25. The Kier molecular flexibility index (Phi) is 10.1. The molecule has 0 radical (unpaired) electrons. The Balaban J connectivity index is 0.00000225. The molecule has 0 fully saturated rings. The first-order valence-corrected chi connectivity index (χ1v) is 9.70. The van der Waals surface area contributed by atoms with Crippen LogP contribution in [0.15, 0.2) is 41.1 Å². The van der Waals surface area contributed by atoms with E-state index in [1.807, 2.05) is 19.9 Å². The van der Waals surface area contributed by atoms with Crippen molar-refractivity contribution in [2.45, 2.75) is 13.8 Å². The molecule has 0 bridgehead atoms. The number of phosphoric ester groups is 1. The molecule has 0 aliphatic heterocycles. The quantitative estimate of drug-likeness (QED) is 0.286. The van der Waals surface area contributed by atoms with Crippen molar-refractivity contribution < 1.29 is 92.0 Å². The molecule has 30 heavy (non-hydrogen) atoms. The molecule has 148 valence electrons. The van der Waals surface area contributed by atoms with Crippen molar-refractivity contribution in [2.75, 3.05) is 14.2 Å². The monoisotopic (exact) mass is 449 g/mol. The van der Waals surface area contributed by atoms with Gasteiger partial charge in [-0.25, -0.2) is 0 Å². The number of nitrogens with zero attached hydrogens (tertiary/aromatic N) is 1. The van der Waals surface area contributed by atoms with E-state index >= 15 is 0 Å². The third-order valence-corrected chi connectivity index (χ3v) is 4.78. The van der Waals surface area contributed by atoms with E-state index < -0.39 is 7.82 Å².